The lowest BCUT2D eigenvalue weighted by atomic mass is 10.1. The summed E-state index contributed by atoms with van der Waals surface area (Å²) >= 11 is 6.10. The molecule has 0 spiro atoms. The van der Waals surface area contributed by atoms with Gasteiger partial charge in [-0.15, -0.1) is 0 Å². The Hall–Kier alpha value is -2.04. The van der Waals surface area contributed by atoms with Crippen LogP contribution in [0.2, 0.25) is 5.02 Å². The van der Waals surface area contributed by atoms with E-state index >= 15 is 0 Å². The molecule has 1 amide bonds. The van der Waals surface area contributed by atoms with Crippen molar-refractivity contribution in [2.24, 2.45) is 0 Å². The molecular weight excluding hydrogens is 288 g/mol. The monoisotopic (exact) mass is 302 g/mol. The zero-order valence-electron chi connectivity index (χ0n) is 11.3. The zero-order valence-corrected chi connectivity index (χ0v) is 12.1. The molecule has 0 saturated carbocycles. The molecular formula is C16H15ClN2O2. The highest BCUT2D eigenvalue weighted by molar-refractivity contribution is 6.34. The van der Waals surface area contributed by atoms with Crippen LogP contribution in [0.5, 0.6) is 5.75 Å². The number of para-hydroxylation sites is 1. The van der Waals surface area contributed by atoms with Crippen molar-refractivity contribution >= 4 is 23.2 Å². The van der Waals surface area contributed by atoms with Crippen LogP contribution in [0.1, 0.15) is 15.9 Å². The fourth-order valence-electron chi connectivity index (χ4n) is 2.49. The number of benzene rings is 2. The summed E-state index contributed by atoms with van der Waals surface area (Å²) in [6, 6.07) is 12.2. The zero-order chi connectivity index (χ0) is 14.8. The first-order valence-electron chi connectivity index (χ1n) is 6.76. The smallest absolute Gasteiger partial charge is 0.259 e. The van der Waals surface area contributed by atoms with E-state index in [4.69, 9.17) is 11.6 Å². The number of nitrogens with zero attached hydrogens (tertiary/aromatic N) is 1. The predicted molar refractivity (Wildman–Crippen MR) is 82.9 cm³/mol. The summed E-state index contributed by atoms with van der Waals surface area (Å²) in [5.74, 6) is -0.170. The molecule has 0 saturated heterocycles. The summed E-state index contributed by atoms with van der Waals surface area (Å²) in [6.45, 7) is 1.99. The lowest BCUT2D eigenvalue weighted by Gasteiger charge is -2.23. The number of phenolic OH excluding ortho intramolecular Hbond substituents is 1. The van der Waals surface area contributed by atoms with Crippen molar-refractivity contribution in [1.29, 1.82) is 0 Å². The van der Waals surface area contributed by atoms with Gasteiger partial charge in [0, 0.05) is 25.3 Å². The van der Waals surface area contributed by atoms with Crippen LogP contribution in [-0.4, -0.2) is 24.1 Å². The fourth-order valence-corrected chi connectivity index (χ4v) is 2.69. The SMILES string of the molecule is O=C(c1cc(O)ccc1Cl)N1CCNCc2ccccc21. The highest BCUT2D eigenvalue weighted by atomic mass is 35.5. The molecule has 0 radical (unpaired) electrons. The Morgan fingerprint density at radius 2 is 2.05 bits per heavy atom. The van der Waals surface area contributed by atoms with Gasteiger partial charge in [0.25, 0.3) is 5.91 Å². The van der Waals surface area contributed by atoms with Gasteiger partial charge in [-0.25, -0.2) is 0 Å². The third-order valence-electron chi connectivity index (χ3n) is 3.54. The molecule has 0 unspecified atom stereocenters. The summed E-state index contributed by atoms with van der Waals surface area (Å²) in [6.07, 6.45) is 0. The van der Waals surface area contributed by atoms with Crippen LogP contribution in [0.25, 0.3) is 0 Å². The van der Waals surface area contributed by atoms with Gasteiger partial charge in [-0.05, 0) is 29.8 Å². The van der Waals surface area contributed by atoms with Crippen LogP contribution in [-0.2, 0) is 6.54 Å². The molecule has 3 rings (SSSR count). The summed E-state index contributed by atoms with van der Waals surface area (Å²) in [7, 11) is 0. The van der Waals surface area contributed by atoms with Gasteiger partial charge in [0.05, 0.1) is 10.6 Å². The first kappa shape index (κ1) is 13.9. The fraction of sp³-hybridized carbons (Fsp3) is 0.188. The van der Waals surface area contributed by atoms with E-state index in [1.165, 1.54) is 18.2 Å². The molecule has 2 N–H and O–H groups in total. The van der Waals surface area contributed by atoms with Crippen LogP contribution >= 0.6 is 11.6 Å². The van der Waals surface area contributed by atoms with Gasteiger partial charge in [0.1, 0.15) is 5.75 Å². The van der Waals surface area contributed by atoms with Crippen molar-refractivity contribution in [3.63, 3.8) is 0 Å². The van der Waals surface area contributed by atoms with Gasteiger partial charge in [0.2, 0.25) is 0 Å². The summed E-state index contributed by atoms with van der Waals surface area (Å²) in [5.41, 5.74) is 2.26. The molecule has 0 aromatic heterocycles. The number of nitrogens with one attached hydrogen (secondary N) is 1. The van der Waals surface area contributed by atoms with Gasteiger partial charge >= 0.3 is 0 Å². The van der Waals surface area contributed by atoms with E-state index in [2.05, 4.69) is 5.32 Å². The highest BCUT2D eigenvalue weighted by Gasteiger charge is 2.23. The standard InChI is InChI=1S/C16H15ClN2O2/c17-14-6-5-12(20)9-13(14)16(21)19-8-7-18-10-11-3-1-2-4-15(11)19/h1-6,9,18,20H,7-8,10H2. The molecule has 1 aliphatic rings. The van der Waals surface area contributed by atoms with E-state index in [1.807, 2.05) is 24.3 Å². The molecule has 2 aromatic rings. The van der Waals surface area contributed by atoms with E-state index in [0.29, 0.717) is 23.7 Å². The van der Waals surface area contributed by atoms with Crippen LogP contribution in [0.4, 0.5) is 5.69 Å². The average Bonchev–Trinajstić information content (AvgIpc) is 2.71. The molecule has 1 heterocycles. The normalized spacial score (nSPS) is 14.4. The largest absolute Gasteiger partial charge is 0.508 e. The Bertz CT molecular complexity index is 688. The number of carbonyl (C=O) groups is 1. The second-order valence-corrected chi connectivity index (χ2v) is 5.33. The van der Waals surface area contributed by atoms with Gasteiger partial charge in [-0.2, -0.15) is 0 Å². The maximum atomic E-state index is 12.8. The minimum absolute atomic E-state index is 0.0315. The number of hydrogen-bond donors (Lipinski definition) is 2. The molecule has 5 heteroatoms. The topological polar surface area (TPSA) is 52.6 Å². The third kappa shape index (κ3) is 2.73. The number of carbonyl (C=O) groups excluding carboxylic acids is 1. The van der Waals surface area contributed by atoms with Crippen molar-refractivity contribution in [1.82, 2.24) is 5.32 Å². The van der Waals surface area contributed by atoms with Crippen molar-refractivity contribution in [2.45, 2.75) is 6.54 Å². The van der Waals surface area contributed by atoms with Crippen molar-refractivity contribution in [3.05, 3.63) is 58.6 Å². The molecule has 1 aliphatic heterocycles. The number of phenols is 1. The molecule has 21 heavy (non-hydrogen) atoms. The number of amides is 1. The van der Waals surface area contributed by atoms with Gasteiger partial charge in [0.15, 0.2) is 0 Å². The average molecular weight is 303 g/mol. The number of hydrogen-bond acceptors (Lipinski definition) is 3. The number of fused-ring (bicyclic) bond motifs is 1. The Labute approximate surface area is 128 Å². The Kier molecular flexibility index (Phi) is 3.82. The predicted octanol–water partition coefficient (Wildman–Crippen LogP) is 2.80. The van der Waals surface area contributed by atoms with E-state index in [0.717, 1.165) is 17.8 Å². The molecule has 0 atom stereocenters. The van der Waals surface area contributed by atoms with Gasteiger partial charge < -0.3 is 15.3 Å². The lowest BCUT2D eigenvalue weighted by Crippen LogP contribution is -2.34. The van der Waals surface area contributed by atoms with Gasteiger partial charge in [-0.3, -0.25) is 4.79 Å². The van der Waals surface area contributed by atoms with Crippen LogP contribution < -0.4 is 10.2 Å². The third-order valence-corrected chi connectivity index (χ3v) is 3.87. The quantitative estimate of drug-likeness (QED) is 0.852. The van der Waals surface area contributed by atoms with E-state index in [-0.39, 0.29) is 11.7 Å². The second-order valence-electron chi connectivity index (χ2n) is 4.93. The Morgan fingerprint density at radius 3 is 2.90 bits per heavy atom. The Balaban J connectivity index is 2.03. The van der Waals surface area contributed by atoms with Crippen molar-refractivity contribution in [3.8, 4) is 5.75 Å². The molecule has 0 bridgehead atoms. The molecule has 0 aliphatic carbocycles. The summed E-state index contributed by atoms with van der Waals surface area (Å²) < 4.78 is 0. The van der Waals surface area contributed by atoms with E-state index in [1.54, 1.807) is 4.90 Å². The maximum absolute atomic E-state index is 12.8. The lowest BCUT2D eigenvalue weighted by molar-refractivity contribution is 0.0987. The maximum Gasteiger partial charge on any atom is 0.259 e. The molecule has 4 nitrogen and oxygen atoms in total. The van der Waals surface area contributed by atoms with Gasteiger partial charge in [-0.1, -0.05) is 29.8 Å². The van der Waals surface area contributed by atoms with E-state index < -0.39 is 0 Å². The first-order valence-corrected chi connectivity index (χ1v) is 7.13. The summed E-state index contributed by atoms with van der Waals surface area (Å²) in [4.78, 5) is 14.5. The van der Waals surface area contributed by atoms with Crippen molar-refractivity contribution in [2.75, 3.05) is 18.0 Å². The Morgan fingerprint density at radius 1 is 1.24 bits per heavy atom. The van der Waals surface area contributed by atoms with Crippen LogP contribution in [0, 0.1) is 0 Å². The first-order chi connectivity index (χ1) is 10.2. The van der Waals surface area contributed by atoms with Crippen molar-refractivity contribution < 1.29 is 9.90 Å². The minimum Gasteiger partial charge on any atom is -0.508 e. The number of anilines is 1. The highest BCUT2D eigenvalue weighted by Crippen LogP contribution is 2.27. The number of halogens is 1. The number of rotatable bonds is 1. The second kappa shape index (κ2) is 5.76. The van der Waals surface area contributed by atoms with Crippen LogP contribution in [0.15, 0.2) is 42.5 Å². The minimum atomic E-state index is -0.202. The summed E-state index contributed by atoms with van der Waals surface area (Å²) in [5, 5.41) is 13.2. The van der Waals surface area contributed by atoms with E-state index in [9.17, 15) is 9.90 Å². The van der Waals surface area contributed by atoms with Crippen LogP contribution in [0.3, 0.4) is 0 Å². The number of aromatic hydroxyl groups is 1. The molecule has 0 fully saturated rings. The molecule has 108 valence electrons. The molecule has 2 aromatic carbocycles.